The highest BCUT2D eigenvalue weighted by Gasteiger charge is 2.00. The molecule has 0 atom stereocenters. The molecular formula is C18H22N2OS. The number of aliphatic imine (C=N–C) groups is 1. The average Bonchev–Trinajstić information content (AvgIpc) is 2.48. The van der Waals surface area contributed by atoms with Crippen molar-refractivity contribution in [2.75, 3.05) is 12.4 Å². The van der Waals surface area contributed by atoms with Crippen LogP contribution < -0.4 is 10.5 Å². The van der Waals surface area contributed by atoms with Gasteiger partial charge in [-0.1, -0.05) is 36.0 Å². The maximum atomic E-state index is 5.99. The average molecular weight is 314 g/mol. The first-order valence-corrected chi connectivity index (χ1v) is 8.27. The van der Waals surface area contributed by atoms with Crippen LogP contribution in [0.3, 0.4) is 0 Å². The van der Waals surface area contributed by atoms with Gasteiger partial charge >= 0.3 is 0 Å². The van der Waals surface area contributed by atoms with Gasteiger partial charge in [0.25, 0.3) is 0 Å². The highest BCUT2D eigenvalue weighted by molar-refractivity contribution is 8.13. The Labute approximate surface area is 136 Å². The van der Waals surface area contributed by atoms with E-state index in [1.807, 2.05) is 31.2 Å². The van der Waals surface area contributed by atoms with E-state index in [2.05, 4.69) is 37.0 Å². The molecule has 0 radical (unpaired) electrons. The van der Waals surface area contributed by atoms with Crippen LogP contribution in [0.15, 0.2) is 47.5 Å². The topological polar surface area (TPSA) is 47.6 Å². The van der Waals surface area contributed by atoms with Gasteiger partial charge in [-0.3, -0.25) is 0 Å². The van der Waals surface area contributed by atoms with Crippen molar-refractivity contribution in [3.05, 3.63) is 59.2 Å². The summed E-state index contributed by atoms with van der Waals surface area (Å²) in [7, 11) is 0. The van der Waals surface area contributed by atoms with E-state index in [4.69, 9.17) is 10.5 Å². The predicted octanol–water partition coefficient (Wildman–Crippen LogP) is 4.37. The number of hydrogen-bond donors (Lipinski definition) is 1. The molecule has 22 heavy (non-hydrogen) atoms. The zero-order valence-electron chi connectivity index (χ0n) is 13.3. The molecule has 0 amide bonds. The maximum absolute atomic E-state index is 5.99. The summed E-state index contributed by atoms with van der Waals surface area (Å²) in [6, 6.07) is 14.2. The minimum absolute atomic E-state index is 0.571. The lowest BCUT2D eigenvalue weighted by atomic mass is 10.1. The highest BCUT2D eigenvalue weighted by atomic mass is 32.2. The largest absolute Gasteiger partial charge is 0.493 e. The fraction of sp³-hybridized carbons (Fsp3) is 0.278. The van der Waals surface area contributed by atoms with E-state index < -0.39 is 0 Å². The third-order valence-electron chi connectivity index (χ3n) is 3.19. The Kier molecular flexibility index (Phi) is 5.90. The van der Waals surface area contributed by atoms with Crippen molar-refractivity contribution in [1.29, 1.82) is 0 Å². The summed E-state index contributed by atoms with van der Waals surface area (Å²) >= 11 is 1.51. The van der Waals surface area contributed by atoms with Crippen molar-refractivity contribution in [3.8, 4) is 5.75 Å². The minimum atomic E-state index is 0.571. The summed E-state index contributed by atoms with van der Waals surface area (Å²) in [5.74, 6) is 1.67. The van der Waals surface area contributed by atoms with Gasteiger partial charge in [0.1, 0.15) is 5.75 Å². The van der Waals surface area contributed by atoms with E-state index in [1.165, 1.54) is 22.9 Å². The second-order valence-electron chi connectivity index (χ2n) is 5.25. The molecular weight excluding hydrogens is 292 g/mol. The Bertz CT molecular complexity index is 668. The fourth-order valence-electron chi connectivity index (χ4n) is 2.00. The highest BCUT2D eigenvalue weighted by Crippen LogP contribution is 2.21. The number of amidine groups is 1. The zero-order valence-corrected chi connectivity index (χ0v) is 14.1. The lowest BCUT2D eigenvalue weighted by Gasteiger charge is -2.07. The minimum Gasteiger partial charge on any atom is -0.493 e. The monoisotopic (exact) mass is 314 g/mol. The third-order valence-corrected chi connectivity index (χ3v) is 3.94. The molecule has 0 bridgehead atoms. The molecule has 2 aromatic carbocycles. The maximum Gasteiger partial charge on any atom is 0.159 e. The molecule has 0 saturated carbocycles. The van der Waals surface area contributed by atoms with Crippen molar-refractivity contribution in [2.24, 2.45) is 10.7 Å². The summed E-state index contributed by atoms with van der Waals surface area (Å²) in [5, 5.41) is 0.571. The smallest absolute Gasteiger partial charge is 0.159 e. The first kappa shape index (κ1) is 16.4. The second kappa shape index (κ2) is 7.90. The van der Waals surface area contributed by atoms with Crippen molar-refractivity contribution in [3.63, 3.8) is 0 Å². The number of hydrogen-bond acceptors (Lipinski definition) is 3. The van der Waals surface area contributed by atoms with E-state index in [0.717, 1.165) is 22.8 Å². The molecule has 0 aliphatic carbocycles. The molecule has 0 heterocycles. The molecule has 116 valence electrons. The molecule has 3 nitrogen and oxygen atoms in total. The van der Waals surface area contributed by atoms with Gasteiger partial charge < -0.3 is 10.5 Å². The molecule has 0 aliphatic rings. The van der Waals surface area contributed by atoms with E-state index in [0.29, 0.717) is 11.8 Å². The predicted molar refractivity (Wildman–Crippen MR) is 96.3 cm³/mol. The van der Waals surface area contributed by atoms with E-state index in [9.17, 15) is 0 Å². The number of benzene rings is 2. The second-order valence-corrected chi connectivity index (χ2v) is 6.37. The first-order valence-electron chi connectivity index (χ1n) is 7.28. The summed E-state index contributed by atoms with van der Waals surface area (Å²) in [4.78, 5) is 4.48. The molecule has 0 aromatic heterocycles. The van der Waals surface area contributed by atoms with Crippen LogP contribution in [0.1, 0.15) is 16.7 Å². The molecule has 0 saturated heterocycles. The van der Waals surface area contributed by atoms with Gasteiger partial charge in [0.15, 0.2) is 5.17 Å². The normalized spacial score (nSPS) is 11.5. The van der Waals surface area contributed by atoms with Crippen LogP contribution >= 0.6 is 11.8 Å². The van der Waals surface area contributed by atoms with Gasteiger partial charge in [0.2, 0.25) is 0 Å². The molecule has 2 rings (SSSR count). The summed E-state index contributed by atoms with van der Waals surface area (Å²) in [6.45, 7) is 6.75. The summed E-state index contributed by atoms with van der Waals surface area (Å²) < 4.78 is 5.70. The van der Waals surface area contributed by atoms with Gasteiger partial charge in [0.05, 0.1) is 12.3 Å². The Morgan fingerprint density at radius 3 is 2.64 bits per heavy atom. The summed E-state index contributed by atoms with van der Waals surface area (Å²) in [5.41, 5.74) is 10.4. The van der Waals surface area contributed by atoms with Crippen LogP contribution in [0, 0.1) is 20.8 Å². The van der Waals surface area contributed by atoms with E-state index in [1.54, 1.807) is 0 Å². The third kappa shape index (κ3) is 5.11. The fourth-order valence-corrected chi connectivity index (χ4v) is 2.54. The van der Waals surface area contributed by atoms with Crippen LogP contribution in [0.5, 0.6) is 5.75 Å². The van der Waals surface area contributed by atoms with Gasteiger partial charge in [-0.05, 0) is 55.7 Å². The van der Waals surface area contributed by atoms with Crippen molar-refractivity contribution in [1.82, 2.24) is 0 Å². The van der Waals surface area contributed by atoms with Crippen molar-refractivity contribution >= 4 is 22.6 Å². The van der Waals surface area contributed by atoms with Gasteiger partial charge in [-0.2, -0.15) is 0 Å². The molecule has 0 aliphatic heterocycles. The van der Waals surface area contributed by atoms with Crippen LogP contribution in [-0.4, -0.2) is 17.5 Å². The molecule has 0 spiro atoms. The molecule has 2 N–H and O–H groups in total. The number of rotatable bonds is 5. The van der Waals surface area contributed by atoms with E-state index >= 15 is 0 Å². The number of nitrogens with two attached hydrogens (primary N) is 1. The first-order chi connectivity index (χ1) is 10.5. The van der Waals surface area contributed by atoms with Crippen LogP contribution in [0.2, 0.25) is 0 Å². The van der Waals surface area contributed by atoms with Crippen molar-refractivity contribution in [2.45, 2.75) is 20.8 Å². The number of ether oxygens (including phenoxy) is 1. The molecule has 2 aromatic rings. The lowest BCUT2D eigenvalue weighted by Crippen LogP contribution is -2.10. The SMILES string of the molecule is Cc1cccc(OCCSC(N)=Nc2cc(C)ccc2C)c1. The van der Waals surface area contributed by atoms with Crippen molar-refractivity contribution < 1.29 is 4.74 Å². The Morgan fingerprint density at radius 1 is 1.09 bits per heavy atom. The van der Waals surface area contributed by atoms with Crippen LogP contribution in [-0.2, 0) is 0 Å². The Morgan fingerprint density at radius 2 is 1.86 bits per heavy atom. The zero-order chi connectivity index (χ0) is 15.9. The van der Waals surface area contributed by atoms with Gasteiger partial charge in [0, 0.05) is 5.75 Å². The van der Waals surface area contributed by atoms with Crippen LogP contribution in [0.25, 0.3) is 0 Å². The molecule has 0 fully saturated rings. The van der Waals surface area contributed by atoms with Crippen LogP contribution in [0.4, 0.5) is 5.69 Å². The van der Waals surface area contributed by atoms with E-state index in [-0.39, 0.29) is 0 Å². The lowest BCUT2D eigenvalue weighted by molar-refractivity contribution is 0.344. The quantitative estimate of drug-likeness (QED) is 0.506. The molecule has 0 unspecified atom stereocenters. The Balaban J connectivity index is 1.83. The number of nitrogens with zero attached hydrogens (tertiary/aromatic N) is 1. The Hall–Kier alpha value is -1.94. The molecule has 4 heteroatoms. The number of thioether (sulfide) groups is 1. The van der Waals surface area contributed by atoms with Gasteiger partial charge in [-0.25, -0.2) is 4.99 Å². The number of aryl methyl sites for hydroxylation is 3. The standard InChI is InChI=1S/C18H22N2OS/c1-13-5-4-6-16(11-13)21-9-10-22-18(19)20-17-12-14(2)7-8-15(17)3/h4-8,11-12H,9-10H2,1-3H3,(H2,19,20). The summed E-state index contributed by atoms with van der Waals surface area (Å²) in [6.07, 6.45) is 0. The van der Waals surface area contributed by atoms with Gasteiger partial charge in [-0.15, -0.1) is 0 Å².